The summed E-state index contributed by atoms with van der Waals surface area (Å²) in [7, 11) is 0. The zero-order valence-electron chi connectivity index (χ0n) is 7.58. The van der Waals surface area contributed by atoms with Crippen molar-refractivity contribution in [2.45, 2.75) is 6.04 Å². The maximum atomic E-state index is 10.6. The number of aromatic nitrogens is 1. The molecule has 0 aliphatic rings. The van der Waals surface area contributed by atoms with Crippen molar-refractivity contribution in [3.05, 3.63) is 29.5 Å². The molecule has 6 heteroatoms. The Morgan fingerprint density at radius 3 is 3.07 bits per heavy atom. The van der Waals surface area contributed by atoms with E-state index < -0.39 is 12.0 Å². The standard InChI is InChI=1S/C9H8N2O3S/c10-7(9(12)13)5-4-15-8(11-5)6-2-1-3-14-6/h1-4,7H,10H2,(H,12,13). The first-order chi connectivity index (χ1) is 7.18. The highest BCUT2D eigenvalue weighted by Gasteiger charge is 2.18. The number of carbonyl (C=O) groups is 1. The zero-order valence-corrected chi connectivity index (χ0v) is 8.40. The molecule has 2 aromatic rings. The molecule has 78 valence electrons. The minimum Gasteiger partial charge on any atom is -0.480 e. The van der Waals surface area contributed by atoms with E-state index in [0.29, 0.717) is 16.5 Å². The molecular formula is C9H8N2O3S. The molecular weight excluding hydrogens is 216 g/mol. The lowest BCUT2D eigenvalue weighted by Gasteiger charge is -1.99. The average molecular weight is 224 g/mol. The molecule has 0 aliphatic heterocycles. The van der Waals surface area contributed by atoms with E-state index >= 15 is 0 Å². The maximum Gasteiger partial charge on any atom is 0.326 e. The minimum absolute atomic E-state index is 0.346. The van der Waals surface area contributed by atoms with Gasteiger partial charge in [-0.05, 0) is 12.1 Å². The lowest BCUT2D eigenvalue weighted by molar-refractivity contribution is -0.138. The molecule has 2 aromatic heterocycles. The molecule has 0 aliphatic carbocycles. The topological polar surface area (TPSA) is 89.4 Å². The summed E-state index contributed by atoms with van der Waals surface area (Å²) < 4.78 is 5.13. The van der Waals surface area contributed by atoms with Crippen LogP contribution in [0.5, 0.6) is 0 Å². The molecule has 1 atom stereocenters. The number of furan rings is 1. The highest BCUT2D eigenvalue weighted by Crippen LogP contribution is 2.25. The van der Waals surface area contributed by atoms with Gasteiger partial charge < -0.3 is 15.3 Å². The zero-order chi connectivity index (χ0) is 10.8. The average Bonchev–Trinajstić information content (AvgIpc) is 2.86. The third kappa shape index (κ3) is 1.90. The summed E-state index contributed by atoms with van der Waals surface area (Å²) in [6, 6.07) is 2.42. The van der Waals surface area contributed by atoms with Gasteiger partial charge in [-0.3, -0.25) is 4.79 Å². The molecule has 0 saturated heterocycles. The fourth-order valence-corrected chi connectivity index (χ4v) is 1.89. The van der Waals surface area contributed by atoms with Crippen LogP contribution in [-0.4, -0.2) is 16.1 Å². The number of nitrogens with zero attached hydrogens (tertiary/aromatic N) is 1. The van der Waals surface area contributed by atoms with Crippen molar-refractivity contribution < 1.29 is 14.3 Å². The minimum atomic E-state index is -1.09. The van der Waals surface area contributed by atoms with Gasteiger partial charge in [0.15, 0.2) is 10.8 Å². The summed E-state index contributed by atoms with van der Waals surface area (Å²) in [5.41, 5.74) is 5.76. The smallest absolute Gasteiger partial charge is 0.326 e. The first-order valence-electron chi connectivity index (χ1n) is 4.16. The molecule has 2 rings (SSSR count). The lowest BCUT2D eigenvalue weighted by atomic mass is 10.2. The van der Waals surface area contributed by atoms with Gasteiger partial charge in [0.2, 0.25) is 0 Å². The Kier molecular flexibility index (Phi) is 2.53. The maximum absolute atomic E-state index is 10.6. The second-order valence-electron chi connectivity index (χ2n) is 2.87. The Hall–Kier alpha value is -1.66. The van der Waals surface area contributed by atoms with E-state index in [-0.39, 0.29) is 0 Å². The van der Waals surface area contributed by atoms with Crippen molar-refractivity contribution in [3.8, 4) is 10.8 Å². The van der Waals surface area contributed by atoms with E-state index in [1.165, 1.54) is 17.6 Å². The number of hydrogen-bond acceptors (Lipinski definition) is 5. The van der Waals surface area contributed by atoms with Gasteiger partial charge in [0.05, 0.1) is 12.0 Å². The number of carboxylic acid groups (broad SMARTS) is 1. The third-order valence-corrected chi connectivity index (χ3v) is 2.71. The van der Waals surface area contributed by atoms with Crippen molar-refractivity contribution >= 4 is 17.3 Å². The molecule has 0 bridgehead atoms. The second kappa shape index (κ2) is 3.84. The number of carboxylic acids is 1. The molecule has 0 fully saturated rings. The predicted octanol–water partition coefficient (Wildman–Crippen LogP) is 1.49. The van der Waals surface area contributed by atoms with Gasteiger partial charge in [-0.1, -0.05) is 0 Å². The molecule has 0 spiro atoms. The molecule has 15 heavy (non-hydrogen) atoms. The van der Waals surface area contributed by atoms with Crippen LogP contribution in [0.4, 0.5) is 0 Å². The number of nitrogens with two attached hydrogens (primary N) is 1. The van der Waals surface area contributed by atoms with Crippen molar-refractivity contribution in [1.82, 2.24) is 4.98 Å². The quantitative estimate of drug-likeness (QED) is 0.824. The Bertz CT molecular complexity index is 463. The van der Waals surface area contributed by atoms with E-state index in [1.54, 1.807) is 17.5 Å². The summed E-state index contributed by atoms with van der Waals surface area (Å²) in [4.78, 5) is 14.7. The van der Waals surface area contributed by atoms with Crippen LogP contribution in [-0.2, 0) is 4.79 Å². The van der Waals surface area contributed by atoms with Gasteiger partial charge in [-0.2, -0.15) is 0 Å². The van der Waals surface area contributed by atoms with Gasteiger partial charge in [0.1, 0.15) is 6.04 Å². The normalized spacial score (nSPS) is 12.6. The summed E-state index contributed by atoms with van der Waals surface area (Å²) >= 11 is 1.30. The molecule has 3 N–H and O–H groups in total. The highest BCUT2D eigenvalue weighted by molar-refractivity contribution is 7.13. The van der Waals surface area contributed by atoms with Crippen LogP contribution < -0.4 is 5.73 Å². The SMILES string of the molecule is NC(C(=O)O)c1csc(-c2ccco2)n1. The molecule has 0 radical (unpaired) electrons. The van der Waals surface area contributed by atoms with Gasteiger partial charge in [0, 0.05) is 5.38 Å². The fourth-order valence-electron chi connectivity index (χ4n) is 1.07. The highest BCUT2D eigenvalue weighted by atomic mass is 32.1. The molecule has 0 aromatic carbocycles. The van der Waals surface area contributed by atoms with Gasteiger partial charge in [-0.25, -0.2) is 4.98 Å². The summed E-state index contributed by atoms with van der Waals surface area (Å²) in [5, 5.41) is 10.9. The third-order valence-electron chi connectivity index (χ3n) is 1.84. The number of aliphatic carboxylic acids is 1. The van der Waals surface area contributed by atoms with E-state index in [2.05, 4.69) is 4.98 Å². The van der Waals surface area contributed by atoms with Crippen molar-refractivity contribution in [2.24, 2.45) is 5.73 Å². The van der Waals surface area contributed by atoms with E-state index in [1.807, 2.05) is 0 Å². The van der Waals surface area contributed by atoms with E-state index in [4.69, 9.17) is 15.3 Å². The Balaban J connectivity index is 2.28. The van der Waals surface area contributed by atoms with Crippen molar-refractivity contribution in [1.29, 1.82) is 0 Å². The number of thiazole rings is 1. The van der Waals surface area contributed by atoms with E-state index in [9.17, 15) is 4.79 Å². The molecule has 2 heterocycles. The Morgan fingerprint density at radius 1 is 1.67 bits per heavy atom. The van der Waals surface area contributed by atoms with Crippen LogP contribution >= 0.6 is 11.3 Å². The van der Waals surface area contributed by atoms with Gasteiger partial charge in [0.25, 0.3) is 0 Å². The van der Waals surface area contributed by atoms with Crippen LogP contribution in [0.25, 0.3) is 10.8 Å². The predicted molar refractivity (Wildman–Crippen MR) is 54.4 cm³/mol. The first-order valence-corrected chi connectivity index (χ1v) is 5.04. The summed E-state index contributed by atoms with van der Waals surface area (Å²) in [5.74, 6) is -0.477. The largest absolute Gasteiger partial charge is 0.480 e. The van der Waals surface area contributed by atoms with Crippen molar-refractivity contribution in [3.63, 3.8) is 0 Å². The van der Waals surface area contributed by atoms with Crippen molar-refractivity contribution in [2.75, 3.05) is 0 Å². The Labute approximate surface area is 89.2 Å². The van der Waals surface area contributed by atoms with Crippen LogP contribution in [0.3, 0.4) is 0 Å². The van der Waals surface area contributed by atoms with Crippen LogP contribution in [0.2, 0.25) is 0 Å². The Morgan fingerprint density at radius 2 is 2.47 bits per heavy atom. The molecule has 1 unspecified atom stereocenters. The first kappa shape index (κ1) is 9.88. The number of rotatable bonds is 3. The summed E-state index contributed by atoms with van der Waals surface area (Å²) in [6.07, 6.45) is 1.54. The van der Waals surface area contributed by atoms with E-state index in [0.717, 1.165) is 0 Å². The lowest BCUT2D eigenvalue weighted by Crippen LogP contribution is -2.20. The van der Waals surface area contributed by atoms with Crippen LogP contribution in [0, 0.1) is 0 Å². The number of hydrogen-bond donors (Lipinski definition) is 2. The van der Waals surface area contributed by atoms with Gasteiger partial charge in [-0.15, -0.1) is 11.3 Å². The summed E-state index contributed by atoms with van der Waals surface area (Å²) in [6.45, 7) is 0. The van der Waals surface area contributed by atoms with Crippen LogP contribution in [0.1, 0.15) is 11.7 Å². The van der Waals surface area contributed by atoms with Gasteiger partial charge >= 0.3 is 5.97 Å². The fraction of sp³-hybridized carbons (Fsp3) is 0.111. The molecule has 0 amide bonds. The second-order valence-corrected chi connectivity index (χ2v) is 3.73. The molecule has 0 saturated carbocycles. The van der Waals surface area contributed by atoms with Crippen LogP contribution in [0.15, 0.2) is 28.2 Å². The monoisotopic (exact) mass is 224 g/mol. The molecule has 5 nitrogen and oxygen atoms in total.